The van der Waals surface area contributed by atoms with Crippen molar-refractivity contribution in [3.63, 3.8) is 0 Å². The lowest BCUT2D eigenvalue weighted by Crippen LogP contribution is -2.38. The van der Waals surface area contributed by atoms with E-state index in [-0.39, 0.29) is 12.1 Å². The van der Waals surface area contributed by atoms with Crippen molar-refractivity contribution >= 4 is 23.9 Å². The van der Waals surface area contributed by atoms with E-state index in [1.54, 1.807) is 11.3 Å². The van der Waals surface area contributed by atoms with Gasteiger partial charge in [0.1, 0.15) is 24.6 Å². The third-order valence-electron chi connectivity index (χ3n) is 3.78. The second-order valence-electron chi connectivity index (χ2n) is 5.27. The summed E-state index contributed by atoms with van der Waals surface area (Å²) >= 11 is 0. The lowest BCUT2D eigenvalue weighted by molar-refractivity contribution is -0.142. The van der Waals surface area contributed by atoms with Crippen LogP contribution in [-0.4, -0.2) is 46.6 Å². The van der Waals surface area contributed by atoms with Gasteiger partial charge in [-0.3, -0.25) is 9.79 Å². The molecule has 21 heavy (non-hydrogen) atoms. The van der Waals surface area contributed by atoms with Crippen LogP contribution in [0.3, 0.4) is 0 Å². The molecule has 112 valence electrons. The molecule has 1 unspecified atom stereocenters. The van der Waals surface area contributed by atoms with Crippen LogP contribution >= 0.6 is 0 Å². The summed E-state index contributed by atoms with van der Waals surface area (Å²) in [6.07, 6.45) is 4.55. The summed E-state index contributed by atoms with van der Waals surface area (Å²) < 4.78 is 0. The van der Waals surface area contributed by atoms with Crippen LogP contribution in [0.4, 0.5) is 11.6 Å². The Morgan fingerprint density at radius 3 is 2.67 bits per heavy atom. The Balaban J connectivity index is 1.69. The van der Waals surface area contributed by atoms with E-state index in [2.05, 4.69) is 25.3 Å². The second kappa shape index (κ2) is 5.65. The van der Waals surface area contributed by atoms with E-state index < -0.39 is 5.97 Å². The van der Waals surface area contributed by atoms with Crippen molar-refractivity contribution in [2.24, 2.45) is 10.9 Å². The number of hydrazine groups is 1. The summed E-state index contributed by atoms with van der Waals surface area (Å²) in [7, 11) is 0. The average molecular weight is 290 g/mol. The van der Waals surface area contributed by atoms with Crippen LogP contribution in [0.15, 0.2) is 17.4 Å². The van der Waals surface area contributed by atoms with Gasteiger partial charge in [-0.25, -0.2) is 20.4 Å². The highest BCUT2D eigenvalue weighted by molar-refractivity contribution is 5.78. The Hall–Kier alpha value is -2.22. The molecule has 8 nitrogen and oxygen atoms in total. The first-order valence-corrected chi connectivity index (χ1v) is 7.02. The number of carboxylic acid groups (broad SMARTS) is 1. The SMILES string of the molecule is CC1N=CN(c2cc(N3CCC(C(=O)O)CC3)ncn2)N1. The number of carboxylic acids is 1. The Kier molecular flexibility index (Phi) is 3.70. The summed E-state index contributed by atoms with van der Waals surface area (Å²) in [5, 5.41) is 10.8. The van der Waals surface area contributed by atoms with E-state index in [0.717, 1.165) is 11.6 Å². The lowest BCUT2D eigenvalue weighted by Gasteiger charge is -2.31. The summed E-state index contributed by atoms with van der Waals surface area (Å²) in [5.74, 6) is 0.604. The number of aliphatic carboxylic acids is 1. The van der Waals surface area contributed by atoms with Gasteiger partial charge < -0.3 is 10.0 Å². The molecule has 0 radical (unpaired) electrons. The topological polar surface area (TPSA) is 94.0 Å². The molecule has 0 spiro atoms. The number of rotatable bonds is 3. The Bertz CT molecular complexity index is 555. The lowest BCUT2D eigenvalue weighted by atomic mass is 9.97. The molecule has 0 bridgehead atoms. The smallest absolute Gasteiger partial charge is 0.306 e. The molecule has 3 rings (SSSR count). The molecule has 0 saturated carbocycles. The number of anilines is 2. The monoisotopic (exact) mass is 290 g/mol. The van der Waals surface area contributed by atoms with Gasteiger partial charge in [0, 0.05) is 19.2 Å². The Morgan fingerprint density at radius 2 is 2.05 bits per heavy atom. The summed E-state index contributed by atoms with van der Waals surface area (Å²) in [5.41, 5.74) is 3.15. The van der Waals surface area contributed by atoms with Gasteiger partial charge in [-0.2, -0.15) is 0 Å². The molecule has 1 aromatic heterocycles. The molecule has 0 aromatic carbocycles. The van der Waals surface area contributed by atoms with Crippen molar-refractivity contribution < 1.29 is 9.90 Å². The maximum atomic E-state index is 11.0. The molecule has 0 aliphatic carbocycles. The van der Waals surface area contributed by atoms with Gasteiger partial charge in [0.2, 0.25) is 0 Å². The average Bonchev–Trinajstić information content (AvgIpc) is 2.94. The fourth-order valence-corrected chi connectivity index (χ4v) is 2.56. The van der Waals surface area contributed by atoms with Crippen LogP contribution in [-0.2, 0) is 4.79 Å². The first kappa shape index (κ1) is 13.7. The van der Waals surface area contributed by atoms with Crippen LogP contribution in [0.5, 0.6) is 0 Å². The predicted molar refractivity (Wildman–Crippen MR) is 78.2 cm³/mol. The Labute approximate surface area is 122 Å². The van der Waals surface area contributed by atoms with E-state index in [4.69, 9.17) is 5.11 Å². The van der Waals surface area contributed by atoms with E-state index >= 15 is 0 Å². The van der Waals surface area contributed by atoms with Crippen molar-refractivity contribution in [1.82, 2.24) is 15.4 Å². The van der Waals surface area contributed by atoms with Crippen LogP contribution in [0.2, 0.25) is 0 Å². The van der Waals surface area contributed by atoms with Gasteiger partial charge in [-0.1, -0.05) is 0 Å². The maximum Gasteiger partial charge on any atom is 0.306 e. The van der Waals surface area contributed by atoms with E-state index in [0.29, 0.717) is 25.9 Å². The van der Waals surface area contributed by atoms with Crippen molar-refractivity contribution in [3.8, 4) is 0 Å². The predicted octanol–water partition coefficient (Wildman–Crippen LogP) is 0.477. The molecule has 2 aliphatic rings. The zero-order valence-electron chi connectivity index (χ0n) is 11.8. The van der Waals surface area contributed by atoms with Gasteiger partial charge in [-0.05, 0) is 19.8 Å². The molecular formula is C13H18N6O2. The van der Waals surface area contributed by atoms with Gasteiger partial charge in [0.25, 0.3) is 0 Å². The number of hydrogen-bond acceptors (Lipinski definition) is 7. The van der Waals surface area contributed by atoms with E-state index in [9.17, 15) is 4.79 Å². The molecule has 8 heteroatoms. The van der Waals surface area contributed by atoms with Crippen LogP contribution < -0.4 is 15.3 Å². The maximum absolute atomic E-state index is 11.0. The van der Waals surface area contributed by atoms with Gasteiger partial charge in [0.05, 0.1) is 5.92 Å². The van der Waals surface area contributed by atoms with Crippen molar-refractivity contribution in [2.75, 3.05) is 23.0 Å². The van der Waals surface area contributed by atoms with E-state index in [1.807, 2.05) is 13.0 Å². The number of nitrogens with zero attached hydrogens (tertiary/aromatic N) is 5. The highest BCUT2D eigenvalue weighted by Crippen LogP contribution is 2.23. The molecule has 2 aliphatic heterocycles. The van der Waals surface area contributed by atoms with Crippen LogP contribution in [0, 0.1) is 5.92 Å². The summed E-state index contributed by atoms with van der Waals surface area (Å²) in [6.45, 7) is 3.35. The van der Waals surface area contributed by atoms with Crippen LogP contribution in [0.25, 0.3) is 0 Å². The van der Waals surface area contributed by atoms with Gasteiger partial charge >= 0.3 is 5.97 Å². The first-order chi connectivity index (χ1) is 10.1. The number of aromatic nitrogens is 2. The van der Waals surface area contributed by atoms with Crippen molar-refractivity contribution in [2.45, 2.75) is 25.9 Å². The summed E-state index contributed by atoms with van der Waals surface area (Å²) in [6, 6.07) is 1.89. The third-order valence-corrected chi connectivity index (χ3v) is 3.78. The zero-order valence-corrected chi connectivity index (χ0v) is 11.8. The second-order valence-corrected chi connectivity index (χ2v) is 5.27. The van der Waals surface area contributed by atoms with E-state index in [1.165, 1.54) is 6.33 Å². The minimum absolute atomic E-state index is 0.0368. The zero-order chi connectivity index (χ0) is 14.8. The van der Waals surface area contributed by atoms with Crippen molar-refractivity contribution in [1.29, 1.82) is 0 Å². The fraction of sp³-hybridized carbons (Fsp3) is 0.538. The normalized spacial score (nSPS) is 22.8. The summed E-state index contributed by atoms with van der Waals surface area (Å²) in [4.78, 5) is 25.8. The highest BCUT2D eigenvalue weighted by atomic mass is 16.4. The fourth-order valence-electron chi connectivity index (χ4n) is 2.56. The van der Waals surface area contributed by atoms with Crippen molar-refractivity contribution in [3.05, 3.63) is 12.4 Å². The number of piperidine rings is 1. The highest BCUT2D eigenvalue weighted by Gasteiger charge is 2.25. The van der Waals surface area contributed by atoms with Gasteiger partial charge in [0.15, 0.2) is 5.82 Å². The Morgan fingerprint density at radius 1 is 1.33 bits per heavy atom. The van der Waals surface area contributed by atoms with Gasteiger partial charge in [-0.15, -0.1) is 0 Å². The number of nitrogens with one attached hydrogen (secondary N) is 1. The minimum Gasteiger partial charge on any atom is -0.481 e. The molecule has 1 atom stereocenters. The minimum atomic E-state index is -0.704. The molecule has 2 N–H and O–H groups in total. The largest absolute Gasteiger partial charge is 0.481 e. The molecule has 3 heterocycles. The van der Waals surface area contributed by atoms with Crippen LogP contribution in [0.1, 0.15) is 19.8 Å². The molecule has 0 amide bonds. The number of aliphatic imine (C=N–C) groups is 1. The molecule has 1 fully saturated rings. The number of carbonyl (C=O) groups is 1. The molecular weight excluding hydrogens is 272 g/mol. The molecule has 1 aromatic rings. The number of hydrogen-bond donors (Lipinski definition) is 2. The molecule has 1 saturated heterocycles. The first-order valence-electron chi connectivity index (χ1n) is 7.02. The standard InChI is InChI=1S/C13H18N6O2/c1-9-16-8-19(17-9)12-6-11(14-7-15-12)18-4-2-10(3-5-18)13(20)21/h6-10,17H,2-5H2,1H3,(H,20,21). The third kappa shape index (κ3) is 2.94. The quantitative estimate of drug-likeness (QED) is 0.836.